The molecule has 3 N–H and O–H groups in total. The molecule has 1 heterocycles. The molecule has 0 spiro atoms. The van der Waals surface area contributed by atoms with E-state index in [1.54, 1.807) is 67.7 Å². The molecule has 4 aromatic rings. The molecule has 0 aliphatic rings. The highest BCUT2D eigenvalue weighted by atomic mass is 32.2. The Hall–Kier alpha value is -3.72. The molecule has 0 saturated carbocycles. The van der Waals surface area contributed by atoms with E-state index >= 15 is 0 Å². The number of hydrogen-bond acceptors (Lipinski definition) is 6. The van der Waals surface area contributed by atoms with Crippen LogP contribution in [0.3, 0.4) is 0 Å². The second-order valence-corrected chi connectivity index (χ2v) is 9.11. The van der Waals surface area contributed by atoms with Crippen molar-refractivity contribution < 1.29 is 18.7 Å². The third kappa shape index (κ3) is 6.91. The van der Waals surface area contributed by atoms with Crippen molar-refractivity contribution >= 4 is 29.0 Å². The zero-order valence-corrected chi connectivity index (χ0v) is 20.6. The number of aromatic nitrogens is 1. The molecule has 184 valence electrons. The number of ether oxygens (including phenoxy) is 2. The van der Waals surface area contributed by atoms with E-state index in [2.05, 4.69) is 10.3 Å². The van der Waals surface area contributed by atoms with Gasteiger partial charge in [0.15, 0.2) is 0 Å². The first kappa shape index (κ1) is 25.4. The highest BCUT2D eigenvalue weighted by Crippen LogP contribution is 2.30. The van der Waals surface area contributed by atoms with Crippen molar-refractivity contribution in [1.82, 2.24) is 4.98 Å². The summed E-state index contributed by atoms with van der Waals surface area (Å²) in [7, 11) is 1.64. The Morgan fingerprint density at radius 3 is 2.44 bits per heavy atom. The van der Waals surface area contributed by atoms with Crippen molar-refractivity contribution in [2.45, 2.75) is 16.4 Å². The lowest BCUT2D eigenvalue weighted by Gasteiger charge is -2.11. The first-order chi connectivity index (χ1) is 17.5. The van der Waals surface area contributed by atoms with Crippen molar-refractivity contribution in [1.29, 1.82) is 0 Å². The van der Waals surface area contributed by atoms with Crippen LogP contribution in [-0.2, 0) is 16.1 Å². The molecule has 0 unspecified atom stereocenters. The Morgan fingerprint density at radius 1 is 0.944 bits per heavy atom. The highest BCUT2D eigenvalue weighted by Gasteiger charge is 2.11. The Kier molecular flexibility index (Phi) is 8.67. The summed E-state index contributed by atoms with van der Waals surface area (Å²) in [6.07, 6.45) is 3.57. The molecule has 1 aromatic heterocycles. The molecule has 6 nitrogen and oxygen atoms in total. The van der Waals surface area contributed by atoms with Gasteiger partial charge in [-0.2, -0.15) is 0 Å². The number of nitrogen functional groups attached to an aromatic ring is 1. The number of carbonyl (C=O) groups excluding carboxylic acids is 1. The largest absolute Gasteiger partial charge is 0.397 e. The maximum atomic E-state index is 13.3. The number of rotatable bonds is 10. The molecule has 0 bridgehead atoms. The smallest absolute Gasteiger partial charge is 0.255 e. The van der Waals surface area contributed by atoms with E-state index in [1.807, 2.05) is 24.3 Å². The van der Waals surface area contributed by atoms with E-state index in [0.29, 0.717) is 36.8 Å². The average molecular weight is 504 g/mol. The van der Waals surface area contributed by atoms with Crippen LogP contribution in [0.15, 0.2) is 95.0 Å². The quantitative estimate of drug-likeness (QED) is 0.203. The maximum Gasteiger partial charge on any atom is 0.255 e. The van der Waals surface area contributed by atoms with Gasteiger partial charge in [-0.3, -0.25) is 9.78 Å². The van der Waals surface area contributed by atoms with E-state index in [9.17, 15) is 9.18 Å². The number of nitrogens with zero attached hydrogens (tertiary/aromatic N) is 1. The number of anilines is 2. The van der Waals surface area contributed by atoms with Crippen LogP contribution in [0, 0.1) is 5.82 Å². The van der Waals surface area contributed by atoms with E-state index in [-0.39, 0.29) is 11.7 Å². The Bertz CT molecular complexity index is 1310. The molecule has 8 heteroatoms. The van der Waals surface area contributed by atoms with Crippen molar-refractivity contribution in [3.05, 3.63) is 102 Å². The van der Waals surface area contributed by atoms with E-state index in [1.165, 1.54) is 12.1 Å². The summed E-state index contributed by atoms with van der Waals surface area (Å²) in [6, 6.07) is 20.8. The predicted octanol–water partition coefficient (Wildman–Crippen LogP) is 6.04. The molecule has 1 amide bonds. The molecule has 0 atom stereocenters. The van der Waals surface area contributed by atoms with Crippen LogP contribution in [0.25, 0.3) is 11.1 Å². The molecule has 0 saturated heterocycles. The zero-order chi connectivity index (χ0) is 25.3. The summed E-state index contributed by atoms with van der Waals surface area (Å²) in [5, 5.41) is 2.88. The third-order valence-electron chi connectivity index (χ3n) is 5.30. The SMILES string of the molecule is COCCOCc1cncc(Sc2ccc(C(=O)Nc3cc(-c4ccc(F)cc4)ccc3N)cc2)c1. The lowest BCUT2D eigenvalue weighted by molar-refractivity contribution is 0.0615. The van der Waals surface area contributed by atoms with Crippen LogP contribution in [0.4, 0.5) is 15.8 Å². The lowest BCUT2D eigenvalue weighted by atomic mass is 10.0. The predicted molar refractivity (Wildman–Crippen MR) is 141 cm³/mol. The maximum absolute atomic E-state index is 13.3. The topological polar surface area (TPSA) is 86.5 Å². The molecule has 0 aliphatic carbocycles. The van der Waals surface area contributed by atoms with Crippen LogP contribution in [0.5, 0.6) is 0 Å². The minimum atomic E-state index is -0.305. The van der Waals surface area contributed by atoms with E-state index < -0.39 is 0 Å². The van der Waals surface area contributed by atoms with E-state index in [0.717, 1.165) is 26.5 Å². The summed E-state index contributed by atoms with van der Waals surface area (Å²) in [5.74, 6) is -0.577. The number of pyridine rings is 1. The number of hydrogen-bond donors (Lipinski definition) is 2. The van der Waals surface area contributed by atoms with Gasteiger partial charge in [0.25, 0.3) is 5.91 Å². The monoisotopic (exact) mass is 503 g/mol. The van der Waals surface area contributed by atoms with Crippen molar-refractivity contribution in [3.8, 4) is 11.1 Å². The second-order valence-electron chi connectivity index (χ2n) is 7.96. The van der Waals surface area contributed by atoms with Gasteiger partial charge in [0.1, 0.15) is 5.82 Å². The molecule has 36 heavy (non-hydrogen) atoms. The van der Waals surface area contributed by atoms with Gasteiger partial charge in [-0.25, -0.2) is 4.39 Å². The number of nitrogens with two attached hydrogens (primary N) is 1. The van der Waals surface area contributed by atoms with Gasteiger partial charge in [0, 0.05) is 34.9 Å². The van der Waals surface area contributed by atoms with Crippen molar-refractivity contribution in [2.24, 2.45) is 0 Å². The number of halogens is 1. The van der Waals surface area contributed by atoms with Gasteiger partial charge in [0.2, 0.25) is 0 Å². The van der Waals surface area contributed by atoms with Crippen LogP contribution in [0.2, 0.25) is 0 Å². The van der Waals surface area contributed by atoms with Gasteiger partial charge in [-0.05, 0) is 71.3 Å². The van der Waals surface area contributed by atoms with Gasteiger partial charge >= 0.3 is 0 Å². The Morgan fingerprint density at radius 2 is 1.69 bits per heavy atom. The minimum Gasteiger partial charge on any atom is -0.397 e. The molecule has 0 fully saturated rings. The summed E-state index contributed by atoms with van der Waals surface area (Å²) >= 11 is 1.55. The van der Waals surface area contributed by atoms with Crippen molar-refractivity contribution in [3.63, 3.8) is 0 Å². The summed E-state index contributed by atoms with van der Waals surface area (Å²) in [4.78, 5) is 19.1. The molecule has 0 radical (unpaired) electrons. The van der Waals surface area contributed by atoms with Gasteiger partial charge in [-0.15, -0.1) is 0 Å². The fraction of sp³-hybridized carbons (Fsp3) is 0.143. The summed E-state index contributed by atoms with van der Waals surface area (Å²) in [6.45, 7) is 1.54. The third-order valence-corrected chi connectivity index (χ3v) is 6.27. The fourth-order valence-electron chi connectivity index (χ4n) is 3.42. The number of methoxy groups -OCH3 is 1. The molecule has 0 aliphatic heterocycles. The zero-order valence-electron chi connectivity index (χ0n) is 19.7. The Balaban J connectivity index is 1.39. The van der Waals surface area contributed by atoms with Crippen LogP contribution >= 0.6 is 11.8 Å². The first-order valence-corrected chi connectivity index (χ1v) is 12.1. The minimum absolute atomic E-state index is 0.272. The van der Waals surface area contributed by atoms with Gasteiger partial charge in [0.05, 0.1) is 31.2 Å². The van der Waals surface area contributed by atoms with Crippen molar-refractivity contribution in [2.75, 3.05) is 31.4 Å². The van der Waals surface area contributed by atoms with Crippen LogP contribution < -0.4 is 11.1 Å². The van der Waals surface area contributed by atoms with Gasteiger partial charge < -0.3 is 20.5 Å². The van der Waals surface area contributed by atoms with E-state index in [4.69, 9.17) is 15.2 Å². The first-order valence-electron chi connectivity index (χ1n) is 11.3. The summed E-state index contributed by atoms with van der Waals surface area (Å²) < 4.78 is 23.8. The number of carbonyl (C=O) groups is 1. The molecule has 3 aromatic carbocycles. The Labute approximate surface area is 213 Å². The molecule has 4 rings (SSSR count). The second kappa shape index (κ2) is 12.3. The lowest BCUT2D eigenvalue weighted by Crippen LogP contribution is -2.13. The summed E-state index contributed by atoms with van der Waals surface area (Å²) in [5.41, 5.74) is 10.2. The van der Waals surface area contributed by atoms with Crippen LogP contribution in [-0.4, -0.2) is 31.2 Å². The number of amides is 1. The fourth-order valence-corrected chi connectivity index (χ4v) is 4.29. The average Bonchev–Trinajstić information content (AvgIpc) is 2.89. The molecular formula is C28H26FN3O3S. The van der Waals surface area contributed by atoms with Crippen LogP contribution in [0.1, 0.15) is 15.9 Å². The number of nitrogens with one attached hydrogen (secondary N) is 1. The highest BCUT2D eigenvalue weighted by molar-refractivity contribution is 7.99. The normalized spacial score (nSPS) is 10.8. The molecular weight excluding hydrogens is 477 g/mol. The standard InChI is InChI=1S/C28H26FN3O3S/c1-34-12-13-35-18-19-14-25(17-31-16-19)36-24-9-4-21(5-10-24)28(33)32-27-15-22(6-11-26(27)30)20-2-7-23(29)8-3-20/h2-11,14-17H,12-13,18,30H2,1H3,(H,32,33). The number of benzene rings is 3. The van der Waals surface area contributed by atoms with Gasteiger partial charge in [-0.1, -0.05) is 30.0 Å².